The van der Waals surface area contributed by atoms with Gasteiger partial charge in [0.15, 0.2) is 0 Å². The van der Waals surface area contributed by atoms with Crippen LogP contribution in [-0.2, 0) is 11.2 Å². The van der Waals surface area contributed by atoms with Gasteiger partial charge in [0.25, 0.3) is 0 Å². The van der Waals surface area contributed by atoms with Crippen LogP contribution in [0.1, 0.15) is 25.8 Å². The van der Waals surface area contributed by atoms with E-state index in [0.29, 0.717) is 18.7 Å². The number of nitrogens with one attached hydrogen (secondary N) is 2. The smallest absolute Gasteiger partial charge is 0.225 e. The summed E-state index contributed by atoms with van der Waals surface area (Å²) >= 11 is 0. The first-order chi connectivity index (χ1) is 13.6. The van der Waals surface area contributed by atoms with Crippen molar-refractivity contribution in [2.45, 2.75) is 32.8 Å². The van der Waals surface area contributed by atoms with E-state index < -0.39 is 0 Å². The number of anilines is 3. The van der Waals surface area contributed by atoms with E-state index in [1.807, 2.05) is 74.5 Å². The molecule has 0 atom stereocenters. The zero-order valence-electron chi connectivity index (χ0n) is 16.2. The van der Waals surface area contributed by atoms with E-state index in [4.69, 9.17) is 4.74 Å². The highest BCUT2D eigenvalue weighted by Gasteiger charge is 2.07. The summed E-state index contributed by atoms with van der Waals surface area (Å²) in [5.74, 6) is 1.28. The minimum Gasteiger partial charge on any atom is -0.489 e. The highest BCUT2D eigenvalue weighted by molar-refractivity contribution is 5.90. The molecule has 0 aliphatic heterocycles. The summed E-state index contributed by atoms with van der Waals surface area (Å²) in [7, 11) is 0. The van der Waals surface area contributed by atoms with E-state index in [1.54, 1.807) is 12.3 Å². The first-order valence-corrected chi connectivity index (χ1v) is 9.42. The van der Waals surface area contributed by atoms with Gasteiger partial charge in [-0.15, -0.1) is 0 Å². The molecule has 0 unspecified atom stereocenters. The van der Waals surface area contributed by atoms with Crippen molar-refractivity contribution in [1.82, 2.24) is 4.98 Å². The van der Waals surface area contributed by atoms with Gasteiger partial charge in [0.2, 0.25) is 5.91 Å². The number of amides is 1. The third-order valence-corrected chi connectivity index (χ3v) is 4.04. The van der Waals surface area contributed by atoms with Gasteiger partial charge >= 0.3 is 0 Å². The molecule has 2 aromatic carbocycles. The fourth-order valence-corrected chi connectivity index (χ4v) is 2.73. The van der Waals surface area contributed by atoms with Crippen LogP contribution in [0.3, 0.4) is 0 Å². The number of hydrogen-bond donors (Lipinski definition) is 2. The molecule has 0 fully saturated rings. The number of aromatic nitrogens is 1. The number of carbonyl (C=O) groups excluding carboxylic acids is 1. The lowest BCUT2D eigenvalue weighted by Gasteiger charge is -2.15. The molecule has 0 aliphatic rings. The van der Waals surface area contributed by atoms with Crippen LogP contribution in [0.4, 0.5) is 17.2 Å². The third-order valence-electron chi connectivity index (χ3n) is 4.04. The van der Waals surface area contributed by atoms with Crippen LogP contribution < -0.4 is 15.4 Å². The largest absolute Gasteiger partial charge is 0.489 e. The van der Waals surface area contributed by atoms with E-state index in [0.717, 1.165) is 22.7 Å². The number of benzene rings is 2. The maximum absolute atomic E-state index is 12.1. The highest BCUT2D eigenvalue weighted by atomic mass is 16.5. The van der Waals surface area contributed by atoms with E-state index in [9.17, 15) is 4.79 Å². The zero-order chi connectivity index (χ0) is 19.8. The van der Waals surface area contributed by atoms with Crippen LogP contribution in [0.25, 0.3) is 0 Å². The molecule has 1 aromatic heterocycles. The summed E-state index contributed by atoms with van der Waals surface area (Å²) in [6, 6.07) is 21.4. The monoisotopic (exact) mass is 375 g/mol. The summed E-state index contributed by atoms with van der Waals surface area (Å²) in [4.78, 5) is 16.5. The molecule has 0 spiro atoms. The summed E-state index contributed by atoms with van der Waals surface area (Å²) in [5, 5.41) is 6.14. The quantitative estimate of drug-likeness (QED) is 0.569. The number of para-hydroxylation sites is 2. The highest BCUT2D eigenvalue weighted by Crippen LogP contribution is 2.28. The van der Waals surface area contributed by atoms with Crippen molar-refractivity contribution in [3.63, 3.8) is 0 Å². The molecule has 5 heteroatoms. The van der Waals surface area contributed by atoms with Gasteiger partial charge in [-0.2, -0.15) is 0 Å². The molecular weight excluding hydrogens is 350 g/mol. The topological polar surface area (TPSA) is 63.2 Å². The van der Waals surface area contributed by atoms with Crippen LogP contribution in [-0.4, -0.2) is 17.0 Å². The van der Waals surface area contributed by atoms with Crippen molar-refractivity contribution in [3.05, 3.63) is 78.5 Å². The molecule has 2 N–H and O–H groups in total. The number of hydrogen-bond acceptors (Lipinski definition) is 4. The number of ether oxygens (including phenoxy) is 1. The standard InChI is InChI=1S/C23H25N3O2/c1-17(2)28-21-11-7-6-10-20(21)25-19-13-14-22(24-16-19)26-23(27)15-12-18-8-4-3-5-9-18/h3-11,13-14,16-17,25H,12,15H2,1-2H3,(H,24,26,27). The molecule has 1 amide bonds. The van der Waals surface area contributed by atoms with Gasteiger partial charge in [0.05, 0.1) is 23.7 Å². The van der Waals surface area contributed by atoms with Crippen molar-refractivity contribution < 1.29 is 9.53 Å². The molecule has 28 heavy (non-hydrogen) atoms. The summed E-state index contributed by atoms with van der Waals surface area (Å²) < 4.78 is 5.82. The van der Waals surface area contributed by atoms with Gasteiger partial charge in [-0.1, -0.05) is 42.5 Å². The first-order valence-electron chi connectivity index (χ1n) is 9.42. The Labute approximate surface area is 165 Å². The molecule has 3 aromatic rings. The van der Waals surface area contributed by atoms with Gasteiger partial charge in [0, 0.05) is 6.42 Å². The van der Waals surface area contributed by atoms with E-state index in [2.05, 4.69) is 15.6 Å². The second-order valence-electron chi connectivity index (χ2n) is 6.75. The number of pyridine rings is 1. The number of rotatable bonds is 8. The molecule has 0 saturated heterocycles. The maximum atomic E-state index is 12.1. The third kappa shape index (κ3) is 5.84. The second kappa shape index (κ2) is 9.55. The predicted molar refractivity (Wildman–Crippen MR) is 113 cm³/mol. The fourth-order valence-electron chi connectivity index (χ4n) is 2.73. The lowest BCUT2D eigenvalue weighted by Crippen LogP contribution is -2.13. The van der Waals surface area contributed by atoms with E-state index in [1.165, 1.54) is 0 Å². The van der Waals surface area contributed by atoms with Gasteiger partial charge in [0.1, 0.15) is 11.6 Å². The van der Waals surface area contributed by atoms with Gasteiger partial charge < -0.3 is 15.4 Å². The van der Waals surface area contributed by atoms with E-state index in [-0.39, 0.29) is 12.0 Å². The first kappa shape index (κ1) is 19.4. The summed E-state index contributed by atoms with van der Waals surface area (Å²) in [5.41, 5.74) is 2.84. The molecule has 5 nitrogen and oxygen atoms in total. The van der Waals surface area contributed by atoms with E-state index >= 15 is 0 Å². The Morgan fingerprint density at radius 3 is 2.46 bits per heavy atom. The molecule has 0 saturated carbocycles. The average molecular weight is 375 g/mol. The Bertz CT molecular complexity index is 893. The number of aryl methyl sites for hydroxylation is 1. The van der Waals surface area contributed by atoms with Crippen molar-refractivity contribution in [2.75, 3.05) is 10.6 Å². The summed E-state index contributed by atoms with van der Waals surface area (Å²) in [6.07, 6.45) is 2.92. The zero-order valence-corrected chi connectivity index (χ0v) is 16.2. The maximum Gasteiger partial charge on any atom is 0.225 e. The molecule has 144 valence electrons. The number of carbonyl (C=O) groups is 1. The molecular formula is C23H25N3O2. The van der Waals surface area contributed by atoms with Crippen molar-refractivity contribution in [3.8, 4) is 5.75 Å². The Balaban J connectivity index is 1.56. The molecule has 3 rings (SSSR count). The van der Waals surface area contributed by atoms with Gasteiger partial charge in [-0.05, 0) is 50.1 Å². The number of nitrogens with zero attached hydrogens (tertiary/aromatic N) is 1. The van der Waals surface area contributed by atoms with Crippen molar-refractivity contribution >= 4 is 23.1 Å². The Morgan fingerprint density at radius 1 is 1.00 bits per heavy atom. The molecule has 0 aliphatic carbocycles. The Kier molecular flexibility index (Phi) is 6.63. The van der Waals surface area contributed by atoms with Crippen LogP contribution >= 0.6 is 0 Å². The predicted octanol–water partition coefficient (Wildman–Crippen LogP) is 5.18. The van der Waals surface area contributed by atoms with Crippen LogP contribution in [0, 0.1) is 0 Å². The Hall–Kier alpha value is -3.34. The second-order valence-corrected chi connectivity index (χ2v) is 6.75. The normalized spacial score (nSPS) is 10.5. The van der Waals surface area contributed by atoms with Crippen LogP contribution in [0.5, 0.6) is 5.75 Å². The molecule has 0 bridgehead atoms. The molecule has 0 radical (unpaired) electrons. The van der Waals surface area contributed by atoms with Crippen molar-refractivity contribution in [1.29, 1.82) is 0 Å². The van der Waals surface area contributed by atoms with Crippen LogP contribution in [0.15, 0.2) is 72.9 Å². The SMILES string of the molecule is CC(C)Oc1ccccc1Nc1ccc(NC(=O)CCc2ccccc2)nc1. The van der Waals surface area contributed by atoms with Crippen LogP contribution in [0.2, 0.25) is 0 Å². The summed E-state index contributed by atoms with van der Waals surface area (Å²) in [6.45, 7) is 3.99. The lowest BCUT2D eigenvalue weighted by molar-refractivity contribution is -0.116. The van der Waals surface area contributed by atoms with Gasteiger partial charge in [-0.25, -0.2) is 4.98 Å². The van der Waals surface area contributed by atoms with Gasteiger partial charge in [-0.3, -0.25) is 4.79 Å². The van der Waals surface area contributed by atoms with Crippen molar-refractivity contribution in [2.24, 2.45) is 0 Å². The Morgan fingerprint density at radius 2 is 1.75 bits per heavy atom. The fraction of sp³-hybridized carbons (Fsp3) is 0.217. The average Bonchev–Trinajstić information content (AvgIpc) is 2.70. The molecule has 1 heterocycles. The lowest BCUT2D eigenvalue weighted by atomic mass is 10.1. The minimum absolute atomic E-state index is 0.0484. The minimum atomic E-state index is -0.0484.